The van der Waals surface area contributed by atoms with E-state index in [1.807, 2.05) is 11.3 Å². The Morgan fingerprint density at radius 1 is 1.44 bits per heavy atom. The maximum Gasteiger partial charge on any atom is 0.00871 e. The lowest BCUT2D eigenvalue weighted by molar-refractivity contribution is 0.276. The number of hydrogen-bond donors (Lipinski definition) is 1. The summed E-state index contributed by atoms with van der Waals surface area (Å²) in [5.74, 6) is 0.907. The van der Waals surface area contributed by atoms with Crippen LogP contribution in [0.1, 0.15) is 29.7 Å². The van der Waals surface area contributed by atoms with Gasteiger partial charge in [-0.15, -0.1) is 11.3 Å². The Kier molecular flexibility index (Phi) is 5.67. The second-order valence-electron chi connectivity index (χ2n) is 5.58. The van der Waals surface area contributed by atoms with Gasteiger partial charge in [0.25, 0.3) is 0 Å². The summed E-state index contributed by atoms with van der Waals surface area (Å²) < 4.78 is 0. The lowest BCUT2D eigenvalue weighted by atomic mass is 9.96. The predicted molar refractivity (Wildman–Crippen MR) is 80.5 cm³/mol. The smallest absolute Gasteiger partial charge is 0.00871 e. The van der Waals surface area contributed by atoms with Gasteiger partial charge in [0.1, 0.15) is 0 Å². The largest absolute Gasteiger partial charge is 0.316 e. The quantitative estimate of drug-likeness (QED) is 0.851. The van der Waals surface area contributed by atoms with Crippen molar-refractivity contribution in [3.63, 3.8) is 0 Å². The summed E-state index contributed by atoms with van der Waals surface area (Å²) in [4.78, 5) is 4.05. The second-order valence-corrected chi connectivity index (χ2v) is 6.58. The molecule has 1 atom stereocenters. The summed E-state index contributed by atoms with van der Waals surface area (Å²) in [5, 5.41) is 5.71. The molecule has 0 saturated carbocycles. The summed E-state index contributed by atoms with van der Waals surface area (Å²) in [6.45, 7) is 7.12. The summed E-state index contributed by atoms with van der Waals surface area (Å²) in [7, 11) is 2.26. The van der Waals surface area contributed by atoms with Gasteiger partial charge in [0.15, 0.2) is 0 Å². The monoisotopic (exact) mass is 266 g/mol. The molecule has 0 bridgehead atoms. The highest BCUT2D eigenvalue weighted by Gasteiger charge is 2.13. The highest BCUT2D eigenvalue weighted by molar-refractivity contribution is 7.10. The first-order chi connectivity index (χ1) is 8.75. The minimum atomic E-state index is 0.907. The summed E-state index contributed by atoms with van der Waals surface area (Å²) in [5.41, 5.74) is 1.46. The van der Waals surface area contributed by atoms with Gasteiger partial charge in [-0.25, -0.2) is 0 Å². The number of thiophene rings is 1. The van der Waals surface area contributed by atoms with Crippen molar-refractivity contribution in [3.8, 4) is 0 Å². The number of piperidine rings is 1. The van der Waals surface area contributed by atoms with E-state index in [1.54, 1.807) is 4.88 Å². The summed E-state index contributed by atoms with van der Waals surface area (Å²) in [6.07, 6.45) is 5.35. The molecule has 2 heterocycles. The van der Waals surface area contributed by atoms with Gasteiger partial charge in [-0.2, -0.15) is 0 Å². The fourth-order valence-electron chi connectivity index (χ4n) is 2.64. The summed E-state index contributed by atoms with van der Waals surface area (Å²) in [6, 6.07) is 2.23. The number of hydrogen-bond acceptors (Lipinski definition) is 3. The fraction of sp³-hybridized carbons (Fsp3) is 0.733. The number of nitrogens with one attached hydrogen (secondary N) is 1. The van der Waals surface area contributed by atoms with Gasteiger partial charge in [-0.3, -0.25) is 0 Å². The van der Waals surface area contributed by atoms with Crippen LogP contribution >= 0.6 is 11.3 Å². The van der Waals surface area contributed by atoms with E-state index >= 15 is 0 Å². The van der Waals surface area contributed by atoms with Crippen LogP contribution in [0.2, 0.25) is 0 Å². The maximum atomic E-state index is 3.50. The number of nitrogens with zero attached hydrogens (tertiary/aromatic N) is 1. The first-order valence-corrected chi connectivity index (χ1v) is 8.06. The fourth-order valence-corrected chi connectivity index (χ4v) is 3.54. The Hall–Kier alpha value is -0.380. The zero-order valence-electron chi connectivity index (χ0n) is 11.7. The molecule has 2 nitrogen and oxygen atoms in total. The molecule has 1 N–H and O–H groups in total. The third-order valence-corrected chi connectivity index (χ3v) is 5.09. The van der Waals surface area contributed by atoms with E-state index in [-0.39, 0.29) is 0 Å². The molecule has 18 heavy (non-hydrogen) atoms. The molecule has 0 radical (unpaired) electrons. The van der Waals surface area contributed by atoms with Gasteiger partial charge in [-0.05, 0) is 82.2 Å². The van der Waals surface area contributed by atoms with Crippen molar-refractivity contribution < 1.29 is 0 Å². The average molecular weight is 266 g/mol. The zero-order chi connectivity index (χ0) is 12.8. The third-order valence-electron chi connectivity index (χ3n) is 4.01. The van der Waals surface area contributed by atoms with Gasteiger partial charge in [-0.1, -0.05) is 0 Å². The second kappa shape index (κ2) is 7.27. The van der Waals surface area contributed by atoms with Gasteiger partial charge in [0.2, 0.25) is 0 Å². The van der Waals surface area contributed by atoms with Gasteiger partial charge >= 0.3 is 0 Å². The van der Waals surface area contributed by atoms with Crippen LogP contribution in [0.4, 0.5) is 0 Å². The Morgan fingerprint density at radius 2 is 2.33 bits per heavy atom. The minimum absolute atomic E-state index is 0.907. The SMILES string of the molecule is Cc1ccsc1CCN(C)CCC1CCCNC1. The van der Waals surface area contributed by atoms with E-state index in [0.717, 1.165) is 5.92 Å². The average Bonchev–Trinajstić information content (AvgIpc) is 2.81. The van der Waals surface area contributed by atoms with Crippen LogP contribution in [0.15, 0.2) is 11.4 Å². The van der Waals surface area contributed by atoms with Crippen LogP contribution in [0.25, 0.3) is 0 Å². The highest BCUT2D eigenvalue weighted by atomic mass is 32.1. The normalized spacial score (nSPS) is 20.5. The van der Waals surface area contributed by atoms with Crippen molar-refractivity contribution >= 4 is 11.3 Å². The molecule has 1 saturated heterocycles. The molecule has 1 aromatic heterocycles. The molecular weight excluding hydrogens is 240 g/mol. The molecule has 1 fully saturated rings. The van der Waals surface area contributed by atoms with E-state index in [0.29, 0.717) is 0 Å². The van der Waals surface area contributed by atoms with Gasteiger partial charge < -0.3 is 10.2 Å². The number of likely N-dealkylation sites (N-methyl/N-ethyl adjacent to an activating group) is 1. The molecular formula is C15H26N2S. The first kappa shape index (κ1) is 14.0. The predicted octanol–water partition coefficient (Wildman–Crippen LogP) is 2.92. The molecule has 1 aromatic rings. The van der Waals surface area contributed by atoms with E-state index in [4.69, 9.17) is 0 Å². The van der Waals surface area contributed by atoms with Crippen LogP contribution in [0.3, 0.4) is 0 Å². The Labute approximate surface area is 115 Å². The van der Waals surface area contributed by atoms with Crippen molar-refractivity contribution in [2.24, 2.45) is 5.92 Å². The van der Waals surface area contributed by atoms with Gasteiger partial charge in [0, 0.05) is 11.4 Å². The molecule has 102 valence electrons. The van der Waals surface area contributed by atoms with Crippen molar-refractivity contribution in [1.82, 2.24) is 10.2 Å². The standard InChI is InChI=1S/C15H26N2S/c1-13-7-11-18-15(13)6-10-17(2)9-5-14-4-3-8-16-12-14/h7,11,14,16H,3-6,8-10,12H2,1-2H3. The van der Waals surface area contributed by atoms with Crippen molar-refractivity contribution in [1.29, 1.82) is 0 Å². The Bertz CT molecular complexity index is 342. The first-order valence-electron chi connectivity index (χ1n) is 7.18. The number of aryl methyl sites for hydroxylation is 1. The van der Waals surface area contributed by atoms with E-state index in [2.05, 4.69) is 35.6 Å². The van der Waals surface area contributed by atoms with Crippen LogP contribution in [0.5, 0.6) is 0 Å². The molecule has 1 aliphatic rings. The summed E-state index contributed by atoms with van der Waals surface area (Å²) >= 11 is 1.90. The highest BCUT2D eigenvalue weighted by Crippen LogP contribution is 2.17. The molecule has 3 heteroatoms. The zero-order valence-corrected chi connectivity index (χ0v) is 12.6. The lowest BCUT2D eigenvalue weighted by Gasteiger charge is -2.25. The van der Waals surface area contributed by atoms with E-state index in [9.17, 15) is 0 Å². The van der Waals surface area contributed by atoms with Crippen molar-refractivity contribution in [3.05, 3.63) is 21.9 Å². The van der Waals surface area contributed by atoms with Crippen molar-refractivity contribution in [2.75, 3.05) is 33.2 Å². The maximum absolute atomic E-state index is 3.50. The van der Waals surface area contributed by atoms with Crippen LogP contribution in [-0.4, -0.2) is 38.1 Å². The molecule has 0 amide bonds. The molecule has 0 spiro atoms. The molecule has 0 aliphatic carbocycles. The van der Waals surface area contributed by atoms with Crippen LogP contribution in [-0.2, 0) is 6.42 Å². The van der Waals surface area contributed by atoms with Crippen LogP contribution < -0.4 is 5.32 Å². The van der Waals surface area contributed by atoms with Gasteiger partial charge in [0.05, 0.1) is 0 Å². The molecule has 0 aromatic carbocycles. The Balaban J connectivity index is 1.62. The van der Waals surface area contributed by atoms with E-state index in [1.165, 1.54) is 57.4 Å². The number of rotatable bonds is 6. The third kappa shape index (κ3) is 4.38. The molecule has 1 unspecified atom stereocenters. The Morgan fingerprint density at radius 3 is 3.00 bits per heavy atom. The molecule has 1 aliphatic heterocycles. The van der Waals surface area contributed by atoms with Crippen LogP contribution in [0, 0.1) is 12.8 Å². The molecule has 2 rings (SSSR count). The lowest BCUT2D eigenvalue weighted by Crippen LogP contribution is -2.32. The minimum Gasteiger partial charge on any atom is -0.316 e. The van der Waals surface area contributed by atoms with Crippen molar-refractivity contribution in [2.45, 2.75) is 32.6 Å². The van der Waals surface area contributed by atoms with E-state index < -0.39 is 0 Å². The topological polar surface area (TPSA) is 15.3 Å².